The molecule has 0 amide bonds. The van der Waals surface area contributed by atoms with Gasteiger partial charge in [-0.25, -0.2) is 0 Å². The third-order valence-corrected chi connectivity index (χ3v) is 4.84. The van der Waals surface area contributed by atoms with E-state index in [1.54, 1.807) is 24.3 Å². The van der Waals surface area contributed by atoms with E-state index in [-0.39, 0.29) is 4.90 Å². The molecule has 0 saturated heterocycles. The average Bonchev–Trinajstić information content (AvgIpc) is 2.78. The van der Waals surface area contributed by atoms with Crippen LogP contribution in [0.25, 0.3) is 10.9 Å². The van der Waals surface area contributed by atoms with Crippen LogP contribution in [0.5, 0.6) is 0 Å². The molecule has 0 unspecified atom stereocenters. The zero-order valence-corrected chi connectivity index (χ0v) is 12.1. The molecule has 0 saturated carbocycles. The normalized spacial score (nSPS) is 11.9. The second kappa shape index (κ2) is 4.45. The Bertz CT molecular complexity index is 895. The smallest absolute Gasteiger partial charge is 0.199 e. The van der Waals surface area contributed by atoms with Crippen molar-refractivity contribution in [3.8, 4) is 0 Å². The number of rotatable bonds is 2. The molecule has 5 heteroatoms. The first-order chi connectivity index (χ1) is 9.50. The average molecular weight is 286 g/mol. The summed E-state index contributed by atoms with van der Waals surface area (Å²) in [5.74, 6) is 0. The van der Waals surface area contributed by atoms with Crippen LogP contribution in [0.1, 0.15) is 11.3 Å². The minimum Gasteiger partial charge on any atom is -0.199 e. The maximum Gasteiger partial charge on any atom is 0.283 e. The van der Waals surface area contributed by atoms with Crippen LogP contribution in [0.15, 0.2) is 53.4 Å². The fourth-order valence-electron chi connectivity index (χ4n) is 2.25. The van der Waals surface area contributed by atoms with Crippen molar-refractivity contribution in [2.24, 2.45) is 0 Å². The van der Waals surface area contributed by atoms with E-state index < -0.39 is 10.0 Å². The second-order valence-corrected chi connectivity index (χ2v) is 6.53. The summed E-state index contributed by atoms with van der Waals surface area (Å²) in [5.41, 5.74) is 2.21. The second-order valence-electron chi connectivity index (χ2n) is 4.77. The number of para-hydroxylation sites is 1. The van der Waals surface area contributed by atoms with E-state index >= 15 is 0 Å². The quantitative estimate of drug-likeness (QED) is 0.728. The van der Waals surface area contributed by atoms with Gasteiger partial charge in [-0.2, -0.15) is 17.6 Å². The van der Waals surface area contributed by atoms with Crippen LogP contribution in [0.2, 0.25) is 0 Å². The molecule has 0 bridgehead atoms. The number of hydrogen-bond acceptors (Lipinski definition) is 3. The van der Waals surface area contributed by atoms with Gasteiger partial charge in [0.15, 0.2) is 0 Å². The highest BCUT2D eigenvalue weighted by Gasteiger charge is 2.21. The maximum atomic E-state index is 12.7. The minimum absolute atomic E-state index is 0.255. The van der Waals surface area contributed by atoms with Gasteiger partial charge in [0.2, 0.25) is 0 Å². The van der Waals surface area contributed by atoms with Gasteiger partial charge in [-0.05, 0) is 37.6 Å². The van der Waals surface area contributed by atoms with Gasteiger partial charge in [0.1, 0.15) is 0 Å². The molecule has 1 heterocycles. The fourth-order valence-corrected chi connectivity index (χ4v) is 3.68. The van der Waals surface area contributed by atoms with Crippen molar-refractivity contribution in [1.82, 2.24) is 9.19 Å². The molecule has 3 aromatic rings. The van der Waals surface area contributed by atoms with Crippen molar-refractivity contribution in [3.63, 3.8) is 0 Å². The highest BCUT2D eigenvalue weighted by Crippen LogP contribution is 2.23. The Balaban J connectivity index is 2.30. The van der Waals surface area contributed by atoms with Crippen LogP contribution in [0.3, 0.4) is 0 Å². The van der Waals surface area contributed by atoms with Crippen LogP contribution < -0.4 is 0 Å². The Hall–Kier alpha value is -2.14. The standard InChI is InChI=1S/C15H14N2O2S/c1-11-6-5-7-13(10-11)20(18,19)17-15-9-4-3-8-14(15)12(2)16-17/h3-10H,1-2H3. The molecule has 0 spiro atoms. The predicted molar refractivity (Wildman–Crippen MR) is 78.2 cm³/mol. The summed E-state index contributed by atoms with van der Waals surface area (Å²) >= 11 is 0. The lowest BCUT2D eigenvalue weighted by Crippen LogP contribution is -2.14. The van der Waals surface area contributed by atoms with Gasteiger partial charge in [0.05, 0.1) is 16.1 Å². The fraction of sp³-hybridized carbons (Fsp3) is 0.133. The van der Waals surface area contributed by atoms with E-state index in [4.69, 9.17) is 0 Å². The highest BCUT2D eigenvalue weighted by molar-refractivity contribution is 7.90. The summed E-state index contributed by atoms with van der Waals surface area (Å²) in [7, 11) is -3.66. The first-order valence-corrected chi connectivity index (χ1v) is 7.71. The number of fused-ring (bicyclic) bond motifs is 1. The van der Waals surface area contributed by atoms with Gasteiger partial charge in [0.25, 0.3) is 10.0 Å². The van der Waals surface area contributed by atoms with Crippen LogP contribution in [-0.4, -0.2) is 17.6 Å². The Morgan fingerprint density at radius 1 is 1.00 bits per heavy atom. The number of aromatic nitrogens is 2. The number of nitrogens with zero attached hydrogens (tertiary/aromatic N) is 2. The van der Waals surface area contributed by atoms with Crippen LogP contribution in [0, 0.1) is 13.8 Å². The maximum absolute atomic E-state index is 12.7. The zero-order chi connectivity index (χ0) is 14.3. The third-order valence-electron chi connectivity index (χ3n) is 3.26. The molecule has 0 N–H and O–H groups in total. The molecule has 0 aliphatic carbocycles. The van der Waals surface area contributed by atoms with E-state index in [1.807, 2.05) is 38.1 Å². The zero-order valence-electron chi connectivity index (χ0n) is 11.2. The van der Waals surface area contributed by atoms with Crippen LogP contribution in [-0.2, 0) is 10.0 Å². The van der Waals surface area contributed by atoms with E-state index in [1.165, 1.54) is 0 Å². The molecule has 102 valence electrons. The van der Waals surface area contributed by atoms with Crippen molar-refractivity contribution < 1.29 is 8.42 Å². The molecule has 3 rings (SSSR count). The largest absolute Gasteiger partial charge is 0.283 e. The molecule has 0 aliphatic rings. The number of aryl methyl sites for hydroxylation is 2. The predicted octanol–water partition coefficient (Wildman–Crippen LogP) is 2.89. The Morgan fingerprint density at radius 2 is 1.75 bits per heavy atom. The number of benzene rings is 2. The van der Waals surface area contributed by atoms with E-state index in [9.17, 15) is 8.42 Å². The highest BCUT2D eigenvalue weighted by atomic mass is 32.2. The van der Waals surface area contributed by atoms with Gasteiger partial charge in [-0.1, -0.05) is 30.3 Å². The molecular formula is C15H14N2O2S. The molecule has 20 heavy (non-hydrogen) atoms. The van der Waals surface area contributed by atoms with Gasteiger partial charge >= 0.3 is 0 Å². The van der Waals surface area contributed by atoms with Gasteiger partial charge in [0, 0.05) is 5.39 Å². The van der Waals surface area contributed by atoms with E-state index in [2.05, 4.69) is 5.10 Å². The van der Waals surface area contributed by atoms with Crippen LogP contribution in [0.4, 0.5) is 0 Å². The monoisotopic (exact) mass is 286 g/mol. The summed E-state index contributed by atoms with van der Waals surface area (Å²) in [6, 6.07) is 14.2. The molecule has 0 aliphatic heterocycles. The van der Waals surface area contributed by atoms with Crippen molar-refractivity contribution in [3.05, 3.63) is 59.8 Å². The molecule has 2 aromatic carbocycles. The Kier molecular flexibility index (Phi) is 2.87. The summed E-state index contributed by atoms with van der Waals surface area (Å²) < 4.78 is 26.5. The minimum atomic E-state index is -3.66. The van der Waals surface area contributed by atoms with Crippen molar-refractivity contribution >= 4 is 20.9 Å². The summed E-state index contributed by atoms with van der Waals surface area (Å²) in [4.78, 5) is 0.255. The lowest BCUT2D eigenvalue weighted by atomic mass is 10.2. The van der Waals surface area contributed by atoms with E-state index in [0.717, 1.165) is 15.0 Å². The Morgan fingerprint density at radius 3 is 2.50 bits per heavy atom. The van der Waals surface area contributed by atoms with Gasteiger partial charge in [-0.3, -0.25) is 0 Å². The molecule has 4 nitrogen and oxygen atoms in total. The summed E-state index contributed by atoms with van der Waals surface area (Å²) in [6.45, 7) is 3.68. The van der Waals surface area contributed by atoms with Crippen LogP contribution >= 0.6 is 0 Å². The van der Waals surface area contributed by atoms with Crippen molar-refractivity contribution in [2.75, 3.05) is 0 Å². The summed E-state index contributed by atoms with van der Waals surface area (Å²) in [5, 5.41) is 5.05. The Labute approximate surface area is 117 Å². The van der Waals surface area contributed by atoms with Gasteiger partial charge < -0.3 is 0 Å². The first-order valence-electron chi connectivity index (χ1n) is 6.27. The topological polar surface area (TPSA) is 52.0 Å². The molecule has 1 aromatic heterocycles. The lowest BCUT2D eigenvalue weighted by molar-refractivity contribution is 0.581. The third kappa shape index (κ3) is 1.91. The van der Waals surface area contributed by atoms with Gasteiger partial charge in [-0.15, -0.1) is 0 Å². The van der Waals surface area contributed by atoms with Crippen molar-refractivity contribution in [2.45, 2.75) is 18.7 Å². The SMILES string of the molecule is Cc1cccc(S(=O)(=O)n2nc(C)c3ccccc32)c1. The molecule has 0 atom stereocenters. The molecular weight excluding hydrogens is 272 g/mol. The lowest BCUT2D eigenvalue weighted by Gasteiger charge is -2.06. The molecule has 0 fully saturated rings. The molecule has 0 radical (unpaired) electrons. The first kappa shape index (κ1) is 12.9. The number of hydrogen-bond donors (Lipinski definition) is 0. The van der Waals surface area contributed by atoms with Crippen molar-refractivity contribution in [1.29, 1.82) is 0 Å². The summed E-state index contributed by atoms with van der Waals surface area (Å²) in [6.07, 6.45) is 0. The van der Waals surface area contributed by atoms with E-state index in [0.29, 0.717) is 11.2 Å².